The summed E-state index contributed by atoms with van der Waals surface area (Å²) in [6.07, 6.45) is 1.50. The number of hydrogen-bond donors (Lipinski definition) is 2. The second-order valence-corrected chi connectivity index (χ2v) is 7.08. The van der Waals surface area contributed by atoms with E-state index in [0.29, 0.717) is 20.8 Å². The standard InChI is InChI=1S/C22H19IN2O4/c1-28-19-10-6-5-9-16(19)14-24-22(27)18(13-17-11-12-20(23)29-17)25-21(26)15-7-3-2-4-8-15/h2-13H,14H2,1H3,(H,24,27)(H,25,26). The van der Waals surface area contributed by atoms with Crippen LogP contribution < -0.4 is 15.4 Å². The van der Waals surface area contributed by atoms with Crippen molar-refractivity contribution in [1.82, 2.24) is 10.6 Å². The maximum atomic E-state index is 12.8. The molecule has 1 heterocycles. The topological polar surface area (TPSA) is 80.6 Å². The normalized spacial score (nSPS) is 11.0. The lowest BCUT2D eigenvalue weighted by Crippen LogP contribution is -2.34. The molecule has 148 valence electrons. The molecule has 0 bridgehead atoms. The van der Waals surface area contributed by atoms with Gasteiger partial charge in [0.15, 0.2) is 3.77 Å². The van der Waals surface area contributed by atoms with Crippen LogP contribution in [0.1, 0.15) is 21.7 Å². The van der Waals surface area contributed by atoms with Crippen molar-refractivity contribution >= 4 is 40.5 Å². The Labute approximate surface area is 182 Å². The number of methoxy groups -OCH3 is 1. The van der Waals surface area contributed by atoms with E-state index in [9.17, 15) is 9.59 Å². The molecule has 0 radical (unpaired) electrons. The van der Waals surface area contributed by atoms with Crippen molar-refractivity contribution in [1.29, 1.82) is 0 Å². The number of para-hydroxylation sites is 1. The van der Waals surface area contributed by atoms with Crippen LogP contribution in [0.5, 0.6) is 5.75 Å². The molecule has 6 nitrogen and oxygen atoms in total. The van der Waals surface area contributed by atoms with Crippen molar-refractivity contribution in [3.63, 3.8) is 0 Å². The van der Waals surface area contributed by atoms with Gasteiger partial charge < -0.3 is 19.8 Å². The summed E-state index contributed by atoms with van der Waals surface area (Å²) in [6, 6.07) is 19.6. The first kappa shape index (κ1) is 20.7. The lowest BCUT2D eigenvalue weighted by molar-refractivity contribution is -0.117. The molecule has 0 spiro atoms. The summed E-state index contributed by atoms with van der Waals surface area (Å²) in [7, 11) is 1.57. The number of ether oxygens (including phenoxy) is 1. The second kappa shape index (κ2) is 9.92. The maximum absolute atomic E-state index is 12.8. The fourth-order valence-electron chi connectivity index (χ4n) is 2.61. The van der Waals surface area contributed by atoms with Crippen molar-refractivity contribution in [2.45, 2.75) is 6.54 Å². The molecule has 3 rings (SSSR count). The summed E-state index contributed by atoms with van der Waals surface area (Å²) in [4.78, 5) is 25.4. The van der Waals surface area contributed by atoms with Gasteiger partial charge in [0, 0.05) is 23.7 Å². The van der Waals surface area contributed by atoms with E-state index in [0.717, 1.165) is 5.56 Å². The third kappa shape index (κ3) is 5.71. The Morgan fingerprint density at radius 1 is 1.03 bits per heavy atom. The third-order valence-corrected chi connectivity index (χ3v) is 4.62. The number of hydrogen-bond acceptors (Lipinski definition) is 4. The molecule has 0 unspecified atom stereocenters. The summed E-state index contributed by atoms with van der Waals surface area (Å²) in [5, 5.41) is 5.48. The van der Waals surface area contributed by atoms with Crippen molar-refractivity contribution in [3.05, 3.63) is 93.1 Å². The van der Waals surface area contributed by atoms with Gasteiger partial charge in [-0.1, -0.05) is 36.4 Å². The first-order valence-electron chi connectivity index (χ1n) is 8.80. The number of carbonyl (C=O) groups is 2. The first-order chi connectivity index (χ1) is 14.1. The lowest BCUT2D eigenvalue weighted by atomic mass is 10.2. The predicted octanol–water partition coefficient (Wildman–Crippen LogP) is 3.98. The number of carbonyl (C=O) groups excluding carboxylic acids is 2. The van der Waals surface area contributed by atoms with Crippen LogP contribution in [-0.4, -0.2) is 18.9 Å². The SMILES string of the molecule is COc1ccccc1CNC(=O)C(=Cc1ccc(I)o1)NC(=O)c1ccccc1. The number of rotatable bonds is 7. The highest BCUT2D eigenvalue weighted by Gasteiger charge is 2.16. The Kier molecular flexibility index (Phi) is 7.07. The van der Waals surface area contributed by atoms with Crippen LogP contribution in [0.25, 0.3) is 6.08 Å². The van der Waals surface area contributed by atoms with Crippen LogP contribution in [0.3, 0.4) is 0 Å². The van der Waals surface area contributed by atoms with Crippen LogP contribution in [0.15, 0.2) is 76.8 Å². The molecule has 0 saturated heterocycles. The highest BCUT2D eigenvalue weighted by molar-refractivity contribution is 14.1. The van der Waals surface area contributed by atoms with Crippen molar-refractivity contribution < 1.29 is 18.7 Å². The van der Waals surface area contributed by atoms with Crippen LogP contribution in [0.2, 0.25) is 0 Å². The number of amides is 2. The predicted molar refractivity (Wildman–Crippen MR) is 118 cm³/mol. The maximum Gasteiger partial charge on any atom is 0.268 e. The van der Waals surface area contributed by atoms with E-state index in [-0.39, 0.29) is 18.1 Å². The van der Waals surface area contributed by atoms with Crippen molar-refractivity contribution in [2.75, 3.05) is 7.11 Å². The van der Waals surface area contributed by atoms with Gasteiger partial charge in [0.05, 0.1) is 7.11 Å². The van der Waals surface area contributed by atoms with Gasteiger partial charge in [0.25, 0.3) is 11.8 Å². The van der Waals surface area contributed by atoms with Crippen molar-refractivity contribution in [3.8, 4) is 5.75 Å². The van der Waals surface area contributed by atoms with E-state index < -0.39 is 5.91 Å². The summed E-state index contributed by atoms with van der Waals surface area (Å²) < 4.78 is 11.5. The number of nitrogens with one attached hydrogen (secondary N) is 2. The average molecular weight is 502 g/mol. The first-order valence-corrected chi connectivity index (χ1v) is 9.88. The van der Waals surface area contributed by atoms with Crippen LogP contribution in [0.4, 0.5) is 0 Å². The summed E-state index contributed by atoms with van der Waals surface area (Å²) in [5.74, 6) is 0.314. The molecule has 29 heavy (non-hydrogen) atoms. The molecule has 0 aliphatic heterocycles. The highest BCUT2D eigenvalue weighted by atomic mass is 127. The molecule has 7 heteroatoms. The fraction of sp³-hybridized carbons (Fsp3) is 0.0909. The molecule has 2 aromatic carbocycles. The van der Waals surface area contributed by atoms with E-state index in [1.54, 1.807) is 43.5 Å². The Hall–Kier alpha value is -3.07. The highest BCUT2D eigenvalue weighted by Crippen LogP contribution is 2.17. The van der Waals surface area contributed by atoms with Gasteiger partial charge in [-0.3, -0.25) is 9.59 Å². The summed E-state index contributed by atoms with van der Waals surface area (Å²) in [5.41, 5.74) is 1.36. The monoisotopic (exact) mass is 502 g/mol. The minimum Gasteiger partial charge on any atom is -0.496 e. The zero-order valence-corrected chi connectivity index (χ0v) is 17.8. The minimum absolute atomic E-state index is 0.0829. The zero-order chi connectivity index (χ0) is 20.6. The molecule has 0 fully saturated rings. The zero-order valence-electron chi connectivity index (χ0n) is 15.6. The summed E-state index contributed by atoms with van der Waals surface area (Å²) in [6.45, 7) is 0.247. The quantitative estimate of drug-likeness (QED) is 0.379. The van der Waals surface area contributed by atoms with E-state index in [1.807, 2.05) is 52.9 Å². The summed E-state index contributed by atoms with van der Waals surface area (Å²) >= 11 is 2.03. The molecule has 3 aromatic rings. The van der Waals surface area contributed by atoms with Crippen LogP contribution in [0, 0.1) is 3.77 Å². The van der Waals surface area contributed by atoms with Gasteiger partial charge >= 0.3 is 0 Å². The average Bonchev–Trinajstić information content (AvgIpc) is 3.16. The fourth-order valence-corrected chi connectivity index (χ4v) is 3.04. The molecule has 0 atom stereocenters. The van der Waals surface area contributed by atoms with E-state index in [4.69, 9.17) is 9.15 Å². The smallest absolute Gasteiger partial charge is 0.268 e. The van der Waals surface area contributed by atoms with E-state index in [2.05, 4.69) is 10.6 Å². The van der Waals surface area contributed by atoms with Crippen LogP contribution >= 0.6 is 22.6 Å². The molecular weight excluding hydrogens is 483 g/mol. The van der Waals surface area contributed by atoms with E-state index in [1.165, 1.54) is 6.08 Å². The van der Waals surface area contributed by atoms with Gasteiger partial charge in [-0.15, -0.1) is 0 Å². The Balaban J connectivity index is 1.79. The van der Waals surface area contributed by atoms with Gasteiger partial charge in [0.2, 0.25) is 0 Å². The molecule has 2 amide bonds. The number of benzene rings is 2. The van der Waals surface area contributed by atoms with E-state index >= 15 is 0 Å². The lowest BCUT2D eigenvalue weighted by Gasteiger charge is -2.12. The largest absolute Gasteiger partial charge is 0.496 e. The van der Waals surface area contributed by atoms with Gasteiger partial charge in [-0.25, -0.2) is 0 Å². The minimum atomic E-state index is -0.438. The third-order valence-electron chi connectivity index (χ3n) is 4.04. The molecule has 2 N–H and O–H groups in total. The second-order valence-electron chi connectivity index (χ2n) is 6.01. The number of furan rings is 1. The number of halogens is 1. The van der Waals surface area contributed by atoms with Crippen molar-refractivity contribution in [2.24, 2.45) is 0 Å². The molecule has 0 aliphatic carbocycles. The Morgan fingerprint density at radius 2 is 1.76 bits per heavy atom. The Bertz CT molecular complexity index is 1030. The van der Waals surface area contributed by atoms with Gasteiger partial charge in [-0.2, -0.15) is 0 Å². The molecule has 1 aromatic heterocycles. The van der Waals surface area contributed by atoms with Gasteiger partial charge in [0.1, 0.15) is 17.2 Å². The molecule has 0 saturated carbocycles. The van der Waals surface area contributed by atoms with Gasteiger partial charge in [-0.05, 0) is 52.9 Å². The molecule has 0 aliphatic rings. The molecular formula is C22H19IN2O4. The Morgan fingerprint density at radius 3 is 2.45 bits per heavy atom. The van der Waals surface area contributed by atoms with Crippen LogP contribution in [-0.2, 0) is 11.3 Å².